The van der Waals surface area contributed by atoms with Crippen LogP contribution in [0.3, 0.4) is 0 Å². The Balaban J connectivity index is 2.31. The number of hydrogen-bond donors (Lipinski definition) is 1. The highest BCUT2D eigenvalue weighted by Gasteiger charge is 2.23. The highest BCUT2D eigenvalue weighted by molar-refractivity contribution is 7.99. The molecule has 0 amide bonds. The van der Waals surface area contributed by atoms with Gasteiger partial charge in [-0.05, 0) is 43.0 Å². The average molecular weight is 308 g/mol. The third-order valence-corrected chi connectivity index (χ3v) is 4.20. The van der Waals surface area contributed by atoms with Crippen LogP contribution in [0.5, 0.6) is 0 Å². The molecule has 2 aromatic rings. The zero-order chi connectivity index (χ0) is 15.6. The van der Waals surface area contributed by atoms with E-state index in [2.05, 4.69) is 11.1 Å². The lowest BCUT2D eigenvalue weighted by Gasteiger charge is -2.14. The largest absolute Gasteiger partial charge is 0.376 e. The van der Waals surface area contributed by atoms with E-state index in [1.165, 1.54) is 10.9 Å². The normalized spacial score (nSPS) is 12.9. The van der Waals surface area contributed by atoms with Crippen molar-refractivity contribution in [2.24, 2.45) is 0 Å². The number of imidazole rings is 1. The van der Waals surface area contributed by atoms with Crippen LogP contribution in [-0.2, 0) is 6.73 Å². The summed E-state index contributed by atoms with van der Waals surface area (Å²) in [6.45, 7) is 7.69. The van der Waals surface area contributed by atoms with Gasteiger partial charge in [0.05, 0.1) is 17.7 Å². The Kier molecular flexibility index (Phi) is 5.06. The highest BCUT2D eigenvalue weighted by atomic mass is 32.2. The lowest BCUT2D eigenvalue weighted by atomic mass is 10.1. The fraction of sp³-hybridized carbons (Fsp3) is 0.438. The van der Waals surface area contributed by atoms with Gasteiger partial charge in [0.2, 0.25) is 0 Å². The molecule has 0 fully saturated rings. The fourth-order valence-electron chi connectivity index (χ4n) is 2.39. The van der Waals surface area contributed by atoms with Crippen LogP contribution in [-0.4, -0.2) is 14.7 Å². The minimum atomic E-state index is -1.25. The van der Waals surface area contributed by atoms with E-state index in [1.807, 2.05) is 39.8 Å². The van der Waals surface area contributed by atoms with Gasteiger partial charge in [0.25, 0.3) is 0 Å². The Morgan fingerprint density at radius 3 is 2.38 bits per heavy atom. The predicted molar refractivity (Wildman–Crippen MR) is 84.2 cm³/mol. The minimum absolute atomic E-state index is 0.117. The molecule has 1 N–H and O–H groups in total. The molecule has 1 aromatic carbocycles. The van der Waals surface area contributed by atoms with E-state index in [4.69, 9.17) is 0 Å². The molecule has 1 aromatic heterocycles. The van der Waals surface area contributed by atoms with Crippen LogP contribution in [0.1, 0.15) is 47.8 Å². The van der Waals surface area contributed by atoms with Crippen molar-refractivity contribution in [2.75, 3.05) is 0 Å². The number of aryl methyl sites for hydroxylation is 2. The highest BCUT2D eigenvalue weighted by Crippen LogP contribution is 2.39. The summed E-state index contributed by atoms with van der Waals surface area (Å²) >= 11 is 1.15. The summed E-state index contributed by atoms with van der Waals surface area (Å²) in [5.74, 6) is 0.117. The molecule has 5 heteroatoms. The number of hydrogen-bond acceptors (Lipinski definition) is 3. The molecule has 0 bridgehead atoms. The van der Waals surface area contributed by atoms with Crippen molar-refractivity contribution >= 4 is 11.8 Å². The molecule has 0 spiro atoms. The second-order valence-corrected chi connectivity index (χ2v) is 6.66. The fourth-order valence-corrected chi connectivity index (χ4v) is 3.50. The van der Waals surface area contributed by atoms with Gasteiger partial charge in [0.15, 0.2) is 5.50 Å². The van der Waals surface area contributed by atoms with Gasteiger partial charge >= 0.3 is 0 Å². The van der Waals surface area contributed by atoms with E-state index in [0.29, 0.717) is 11.4 Å². The molecule has 0 aliphatic rings. The predicted octanol–water partition coefficient (Wildman–Crippen LogP) is 4.33. The van der Waals surface area contributed by atoms with Gasteiger partial charge in [-0.15, -0.1) is 0 Å². The lowest BCUT2D eigenvalue weighted by Crippen LogP contribution is -2.05. The molecule has 1 unspecified atom stereocenters. The van der Waals surface area contributed by atoms with Gasteiger partial charge in [0.1, 0.15) is 6.73 Å². The number of aliphatic hydroxyl groups excluding tert-OH is 1. The molecular weight excluding hydrogens is 287 g/mol. The topological polar surface area (TPSA) is 38.0 Å². The number of halogens is 1. The summed E-state index contributed by atoms with van der Waals surface area (Å²) in [5.41, 5.74) is 2.14. The van der Waals surface area contributed by atoms with E-state index in [9.17, 15) is 9.50 Å². The molecule has 3 nitrogen and oxygen atoms in total. The Bertz CT molecular complexity index is 604. The van der Waals surface area contributed by atoms with Gasteiger partial charge in [-0.3, -0.25) is 0 Å². The monoisotopic (exact) mass is 308 g/mol. The first-order valence-corrected chi connectivity index (χ1v) is 7.85. The Morgan fingerprint density at radius 1 is 1.24 bits per heavy atom. The van der Waals surface area contributed by atoms with Gasteiger partial charge in [-0.2, -0.15) is 0 Å². The number of benzene rings is 1. The quantitative estimate of drug-likeness (QED) is 0.835. The number of nitrogens with zero attached hydrogens (tertiary/aromatic N) is 2. The summed E-state index contributed by atoms with van der Waals surface area (Å²) in [4.78, 5) is 5.12. The molecule has 0 aliphatic heterocycles. The zero-order valence-electron chi connectivity index (χ0n) is 12.8. The molecule has 0 radical (unpaired) electrons. The second-order valence-electron chi connectivity index (χ2n) is 5.54. The van der Waals surface area contributed by atoms with Crippen LogP contribution in [0.2, 0.25) is 0 Å². The Labute approximate surface area is 129 Å². The van der Waals surface area contributed by atoms with Crippen molar-refractivity contribution in [1.29, 1.82) is 0 Å². The average Bonchev–Trinajstić information content (AvgIpc) is 2.81. The number of thioether (sulfide) groups is 1. The third-order valence-electron chi connectivity index (χ3n) is 3.26. The van der Waals surface area contributed by atoms with Crippen molar-refractivity contribution < 1.29 is 9.50 Å². The molecule has 0 aliphatic carbocycles. The van der Waals surface area contributed by atoms with Crippen LogP contribution in [0, 0.1) is 13.8 Å². The van der Waals surface area contributed by atoms with E-state index >= 15 is 0 Å². The van der Waals surface area contributed by atoms with Crippen LogP contribution in [0.4, 0.5) is 4.39 Å². The van der Waals surface area contributed by atoms with Crippen LogP contribution in [0.25, 0.3) is 0 Å². The number of alkyl halides is 1. The summed E-state index contributed by atoms with van der Waals surface area (Å²) < 4.78 is 16.2. The lowest BCUT2D eigenvalue weighted by molar-refractivity contribution is 0.202. The molecule has 114 valence electrons. The number of rotatable bonds is 5. The van der Waals surface area contributed by atoms with Gasteiger partial charge in [0, 0.05) is 4.90 Å². The zero-order valence-corrected chi connectivity index (χ0v) is 13.6. The minimum Gasteiger partial charge on any atom is -0.376 e. The van der Waals surface area contributed by atoms with Crippen LogP contribution in [0.15, 0.2) is 29.4 Å². The molecule has 1 heterocycles. The number of aromatic nitrogens is 2. The first-order chi connectivity index (χ1) is 9.92. The Morgan fingerprint density at radius 2 is 1.86 bits per heavy atom. The van der Waals surface area contributed by atoms with Gasteiger partial charge < -0.3 is 9.67 Å². The summed E-state index contributed by atoms with van der Waals surface area (Å²) in [5, 5.41) is 9.36. The van der Waals surface area contributed by atoms with E-state index in [0.717, 1.165) is 27.8 Å². The summed E-state index contributed by atoms with van der Waals surface area (Å²) in [6.07, 6.45) is 1.50. The van der Waals surface area contributed by atoms with E-state index in [-0.39, 0.29) is 12.6 Å². The van der Waals surface area contributed by atoms with Crippen molar-refractivity contribution in [2.45, 2.75) is 50.7 Å². The smallest absolute Gasteiger partial charge is 0.192 e. The molecule has 2 rings (SSSR count). The number of aliphatic hydroxyl groups is 1. The van der Waals surface area contributed by atoms with Crippen molar-refractivity contribution in [3.63, 3.8) is 0 Å². The van der Waals surface area contributed by atoms with Gasteiger partial charge in [-0.1, -0.05) is 31.7 Å². The standard InChI is InChI=1S/C16H21FN2OS/c1-10(2)14-15(19(9-20)8-18-14)16(17)21-13-6-11(3)5-12(4)7-13/h5-8,10,16,20H,9H2,1-4H3. The molecule has 0 saturated carbocycles. The summed E-state index contributed by atoms with van der Waals surface area (Å²) in [7, 11) is 0. The first kappa shape index (κ1) is 16.0. The molecule has 0 saturated heterocycles. The van der Waals surface area contributed by atoms with Crippen molar-refractivity contribution in [3.05, 3.63) is 47.0 Å². The van der Waals surface area contributed by atoms with E-state index < -0.39 is 5.50 Å². The maximum atomic E-state index is 14.8. The first-order valence-electron chi connectivity index (χ1n) is 6.97. The third kappa shape index (κ3) is 3.66. The van der Waals surface area contributed by atoms with Crippen LogP contribution >= 0.6 is 11.8 Å². The molecular formula is C16H21FN2OS. The summed E-state index contributed by atoms with van der Waals surface area (Å²) in [6, 6.07) is 6.01. The van der Waals surface area contributed by atoms with E-state index in [1.54, 1.807) is 0 Å². The molecule has 1 atom stereocenters. The maximum absolute atomic E-state index is 14.8. The van der Waals surface area contributed by atoms with Crippen molar-refractivity contribution in [1.82, 2.24) is 9.55 Å². The van der Waals surface area contributed by atoms with Gasteiger partial charge in [-0.25, -0.2) is 9.37 Å². The SMILES string of the molecule is Cc1cc(C)cc(SC(F)c2c(C(C)C)ncn2CO)c1. The second kappa shape index (κ2) is 6.62. The maximum Gasteiger partial charge on any atom is 0.192 e. The van der Waals surface area contributed by atoms with Crippen LogP contribution < -0.4 is 0 Å². The van der Waals surface area contributed by atoms with Crippen molar-refractivity contribution in [3.8, 4) is 0 Å². The molecule has 21 heavy (non-hydrogen) atoms. The Hall–Kier alpha value is -1.33.